The molecular weight excluding hydrogens is 508 g/mol. The first-order chi connectivity index (χ1) is 18.2. The molecule has 0 saturated carbocycles. The second-order valence-corrected chi connectivity index (χ2v) is 9.65. The quantitative estimate of drug-likeness (QED) is 0.242. The van der Waals surface area contributed by atoms with E-state index < -0.39 is 36.3 Å². The molecule has 38 heavy (non-hydrogen) atoms. The molecule has 3 aromatic carbocycles. The average Bonchev–Trinajstić information content (AvgIpc) is 3.16. The van der Waals surface area contributed by atoms with Crippen molar-refractivity contribution in [3.05, 3.63) is 100 Å². The number of ether oxygens (including phenoxy) is 1. The number of hydrogen-bond acceptors (Lipinski definition) is 6. The van der Waals surface area contributed by atoms with Crippen LogP contribution >= 0.6 is 11.6 Å². The number of halogens is 1. The summed E-state index contributed by atoms with van der Waals surface area (Å²) in [5.41, 5.74) is 1.22. The van der Waals surface area contributed by atoms with Crippen molar-refractivity contribution in [1.29, 1.82) is 0 Å². The van der Waals surface area contributed by atoms with Crippen LogP contribution in [0.5, 0.6) is 0 Å². The van der Waals surface area contributed by atoms with Gasteiger partial charge in [-0.05, 0) is 42.7 Å². The van der Waals surface area contributed by atoms with Crippen LogP contribution in [0.4, 0.5) is 5.69 Å². The Balaban J connectivity index is 1.47. The number of nitrogens with zero attached hydrogens (tertiary/aromatic N) is 1. The molecule has 8 nitrogen and oxygen atoms in total. The number of carbonyl (C=O) groups excluding carboxylic acids is 5. The Kier molecular flexibility index (Phi) is 8.02. The summed E-state index contributed by atoms with van der Waals surface area (Å²) in [6.07, 6.45) is 0.166. The predicted molar refractivity (Wildman–Crippen MR) is 141 cm³/mol. The summed E-state index contributed by atoms with van der Waals surface area (Å²) in [5.74, 6) is -3.13. The van der Waals surface area contributed by atoms with Gasteiger partial charge in [-0.15, -0.1) is 0 Å². The number of esters is 1. The van der Waals surface area contributed by atoms with Gasteiger partial charge in [-0.3, -0.25) is 24.1 Å². The van der Waals surface area contributed by atoms with Crippen molar-refractivity contribution < 1.29 is 28.7 Å². The van der Waals surface area contributed by atoms with E-state index in [4.69, 9.17) is 16.3 Å². The molecule has 0 bridgehead atoms. The smallest absolute Gasteiger partial charge is 0.329 e. The third-order valence-electron chi connectivity index (χ3n) is 5.99. The van der Waals surface area contributed by atoms with Crippen LogP contribution < -0.4 is 5.32 Å². The van der Waals surface area contributed by atoms with Crippen LogP contribution in [0.2, 0.25) is 5.02 Å². The van der Waals surface area contributed by atoms with E-state index in [1.807, 2.05) is 13.8 Å². The summed E-state index contributed by atoms with van der Waals surface area (Å²) < 4.78 is 5.25. The molecule has 1 N–H and O–H groups in total. The van der Waals surface area contributed by atoms with Crippen molar-refractivity contribution in [3.8, 4) is 0 Å². The lowest BCUT2D eigenvalue weighted by Crippen LogP contribution is -2.46. The zero-order valence-corrected chi connectivity index (χ0v) is 21.5. The van der Waals surface area contributed by atoms with E-state index in [1.54, 1.807) is 42.5 Å². The van der Waals surface area contributed by atoms with Crippen LogP contribution in [0.15, 0.2) is 72.8 Å². The normalized spacial score (nSPS) is 13.3. The highest BCUT2D eigenvalue weighted by Crippen LogP contribution is 2.28. The maximum absolute atomic E-state index is 13.0. The van der Waals surface area contributed by atoms with E-state index >= 15 is 0 Å². The summed E-state index contributed by atoms with van der Waals surface area (Å²) in [7, 11) is 0. The van der Waals surface area contributed by atoms with Crippen molar-refractivity contribution >= 4 is 46.8 Å². The molecule has 3 aromatic rings. The van der Waals surface area contributed by atoms with Crippen LogP contribution in [0.25, 0.3) is 0 Å². The Hall–Kier alpha value is -4.30. The van der Waals surface area contributed by atoms with Gasteiger partial charge in [0.1, 0.15) is 6.04 Å². The van der Waals surface area contributed by atoms with Gasteiger partial charge >= 0.3 is 5.97 Å². The molecular formula is C29H25ClN2O6. The molecule has 0 fully saturated rings. The number of benzene rings is 3. The minimum atomic E-state index is -1.19. The Bertz CT molecular complexity index is 1380. The highest BCUT2D eigenvalue weighted by atomic mass is 35.5. The average molecular weight is 533 g/mol. The van der Waals surface area contributed by atoms with E-state index in [-0.39, 0.29) is 40.5 Å². The van der Waals surface area contributed by atoms with Crippen molar-refractivity contribution in [2.75, 3.05) is 11.9 Å². The molecule has 0 aliphatic carbocycles. The van der Waals surface area contributed by atoms with Gasteiger partial charge in [0.25, 0.3) is 17.7 Å². The first kappa shape index (κ1) is 26.8. The van der Waals surface area contributed by atoms with Crippen molar-refractivity contribution in [2.45, 2.75) is 26.3 Å². The summed E-state index contributed by atoms with van der Waals surface area (Å²) >= 11 is 6.09. The molecule has 0 radical (unpaired) electrons. The fourth-order valence-corrected chi connectivity index (χ4v) is 4.39. The lowest BCUT2D eigenvalue weighted by atomic mass is 10.0. The van der Waals surface area contributed by atoms with Crippen molar-refractivity contribution in [1.82, 2.24) is 4.90 Å². The maximum Gasteiger partial charge on any atom is 0.329 e. The Morgan fingerprint density at radius 1 is 0.895 bits per heavy atom. The summed E-state index contributed by atoms with van der Waals surface area (Å²) in [5, 5.41) is 2.89. The molecule has 1 aliphatic heterocycles. The number of carbonyl (C=O) groups is 5. The number of rotatable bonds is 9. The van der Waals surface area contributed by atoms with Gasteiger partial charge in [0.05, 0.1) is 16.8 Å². The number of imide groups is 1. The lowest BCUT2D eigenvalue weighted by Gasteiger charge is -2.25. The van der Waals surface area contributed by atoms with Crippen molar-refractivity contribution in [3.63, 3.8) is 0 Å². The molecule has 3 amide bonds. The van der Waals surface area contributed by atoms with Crippen LogP contribution in [0.1, 0.15) is 56.9 Å². The number of fused-ring (bicyclic) bond motifs is 1. The standard InChI is InChI=1S/C29H25ClN2O6/c1-17(2)14-24(32-27(35)20-10-6-7-11-21(20)28(32)36)29(37)38-16-25(33)31-23-13-12-19(30)15-22(23)26(34)18-8-4-3-5-9-18/h3-13,15,17,24H,14,16H2,1-2H3,(H,31,33)/t24-/m1/s1. The second-order valence-electron chi connectivity index (χ2n) is 9.21. The minimum absolute atomic E-state index is 0.0497. The highest BCUT2D eigenvalue weighted by Gasteiger charge is 2.43. The number of nitrogens with one attached hydrogen (secondary N) is 1. The maximum atomic E-state index is 13.0. The Labute approximate surface area is 224 Å². The largest absolute Gasteiger partial charge is 0.454 e. The molecule has 1 heterocycles. The van der Waals surface area contributed by atoms with Crippen LogP contribution in [0.3, 0.4) is 0 Å². The summed E-state index contributed by atoms with van der Waals surface area (Å²) in [4.78, 5) is 65.5. The van der Waals surface area contributed by atoms with Gasteiger partial charge in [0.2, 0.25) is 0 Å². The molecule has 1 atom stereocenters. The monoisotopic (exact) mass is 532 g/mol. The van der Waals surface area contributed by atoms with E-state index in [0.29, 0.717) is 10.6 Å². The first-order valence-corrected chi connectivity index (χ1v) is 12.4. The molecule has 1 aliphatic rings. The molecule has 9 heteroatoms. The second kappa shape index (κ2) is 11.4. The highest BCUT2D eigenvalue weighted by molar-refractivity contribution is 6.31. The van der Waals surface area contributed by atoms with Gasteiger partial charge in [-0.25, -0.2) is 4.79 Å². The topological polar surface area (TPSA) is 110 Å². The number of anilines is 1. The first-order valence-electron chi connectivity index (χ1n) is 12.0. The molecule has 0 saturated heterocycles. The minimum Gasteiger partial charge on any atom is -0.454 e. The van der Waals surface area contributed by atoms with E-state index in [9.17, 15) is 24.0 Å². The van der Waals surface area contributed by atoms with Crippen LogP contribution in [-0.2, 0) is 14.3 Å². The van der Waals surface area contributed by atoms with Gasteiger partial charge in [-0.2, -0.15) is 0 Å². The Morgan fingerprint density at radius 3 is 2.11 bits per heavy atom. The molecule has 0 unspecified atom stereocenters. The van der Waals surface area contributed by atoms with E-state index in [2.05, 4.69) is 5.32 Å². The number of hydrogen-bond donors (Lipinski definition) is 1. The van der Waals surface area contributed by atoms with Crippen LogP contribution in [-0.4, -0.2) is 47.0 Å². The summed E-state index contributed by atoms with van der Waals surface area (Å²) in [6.45, 7) is 3.01. The third kappa shape index (κ3) is 5.65. The van der Waals surface area contributed by atoms with Crippen molar-refractivity contribution in [2.24, 2.45) is 5.92 Å². The van der Waals surface area contributed by atoms with Gasteiger partial charge in [-0.1, -0.05) is 67.9 Å². The van der Waals surface area contributed by atoms with Gasteiger partial charge < -0.3 is 10.1 Å². The zero-order valence-electron chi connectivity index (χ0n) is 20.8. The van der Waals surface area contributed by atoms with Crippen LogP contribution in [0, 0.1) is 5.92 Å². The molecule has 194 valence electrons. The molecule has 0 spiro atoms. The number of ketones is 1. The zero-order chi connectivity index (χ0) is 27.4. The Morgan fingerprint density at radius 2 is 1.50 bits per heavy atom. The molecule has 0 aromatic heterocycles. The van der Waals surface area contributed by atoms with Gasteiger partial charge in [0, 0.05) is 16.1 Å². The fourth-order valence-electron chi connectivity index (χ4n) is 4.22. The fraction of sp³-hybridized carbons (Fsp3) is 0.207. The third-order valence-corrected chi connectivity index (χ3v) is 6.22. The lowest BCUT2D eigenvalue weighted by molar-refractivity contribution is -0.151. The SMILES string of the molecule is CC(C)C[C@H](C(=O)OCC(=O)Nc1ccc(Cl)cc1C(=O)c1ccccc1)N1C(=O)c2ccccc2C1=O. The number of amides is 3. The predicted octanol–water partition coefficient (Wildman–Crippen LogP) is 4.76. The molecule has 4 rings (SSSR count). The van der Waals surface area contributed by atoms with Gasteiger partial charge in [0.15, 0.2) is 12.4 Å². The van der Waals surface area contributed by atoms with E-state index in [0.717, 1.165) is 4.90 Å². The summed E-state index contributed by atoms with van der Waals surface area (Å²) in [6, 6.07) is 18.1. The van der Waals surface area contributed by atoms with E-state index in [1.165, 1.54) is 30.3 Å².